The minimum atomic E-state index is -0.139. The van der Waals surface area contributed by atoms with Crippen molar-refractivity contribution in [2.75, 3.05) is 13.0 Å². The number of rotatable bonds is 4. The summed E-state index contributed by atoms with van der Waals surface area (Å²) < 4.78 is 10.8. The summed E-state index contributed by atoms with van der Waals surface area (Å²) in [6, 6.07) is 10.9. The summed E-state index contributed by atoms with van der Waals surface area (Å²) in [6.45, 7) is 0. The van der Waals surface area contributed by atoms with E-state index in [4.69, 9.17) is 21.1 Å². The lowest BCUT2D eigenvalue weighted by Gasteiger charge is -2.08. The molecule has 2 aromatic carbocycles. The molecular weight excluding hydrogens is 320 g/mol. The summed E-state index contributed by atoms with van der Waals surface area (Å²) in [5.74, 6) is 1.71. The number of allylic oxidation sites excluding steroid dienone is 1. The molecule has 0 atom stereocenters. The molecule has 1 aliphatic rings. The molecule has 0 aromatic heterocycles. The Morgan fingerprint density at radius 3 is 3.00 bits per heavy atom. The molecule has 22 heavy (non-hydrogen) atoms. The van der Waals surface area contributed by atoms with Gasteiger partial charge in [-0.15, -0.1) is 0 Å². The molecule has 0 radical (unpaired) electrons. The number of fused-ring (bicyclic) bond motifs is 1. The van der Waals surface area contributed by atoms with E-state index in [0.29, 0.717) is 22.3 Å². The van der Waals surface area contributed by atoms with Gasteiger partial charge in [0, 0.05) is 5.02 Å². The van der Waals surface area contributed by atoms with Crippen molar-refractivity contribution in [1.29, 1.82) is 0 Å². The van der Waals surface area contributed by atoms with Crippen LogP contribution in [0, 0.1) is 0 Å². The first kappa shape index (κ1) is 15.0. The van der Waals surface area contributed by atoms with Crippen LogP contribution in [-0.4, -0.2) is 18.8 Å². The SMILES string of the molecule is COc1cc2c(cc1C(=O)C=Cc1cccc(Cl)c1)OCS2. The van der Waals surface area contributed by atoms with E-state index in [9.17, 15) is 4.79 Å². The molecule has 1 heterocycles. The fraction of sp³-hybridized carbons (Fsp3) is 0.118. The molecule has 0 aliphatic carbocycles. The second kappa shape index (κ2) is 6.46. The highest BCUT2D eigenvalue weighted by Gasteiger charge is 2.19. The average Bonchev–Trinajstić information content (AvgIpc) is 2.98. The van der Waals surface area contributed by atoms with Crippen LogP contribution in [0.4, 0.5) is 0 Å². The topological polar surface area (TPSA) is 35.5 Å². The molecule has 0 unspecified atom stereocenters. The van der Waals surface area contributed by atoms with E-state index >= 15 is 0 Å². The molecule has 0 amide bonds. The first-order valence-corrected chi connectivity index (χ1v) is 7.99. The quantitative estimate of drug-likeness (QED) is 0.601. The third-order valence-electron chi connectivity index (χ3n) is 3.24. The van der Waals surface area contributed by atoms with E-state index < -0.39 is 0 Å². The number of hydrogen-bond acceptors (Lipinski definition) is 4. The van der Waals surface area contributed by atoms with Gasteiger partial charge in [-0.2, -0.15) is 0 Å². The fourth-order valence-corrected chi connectivity index (χ4v) is 3.12. The van der Waals surface area contributed by atoms with Crippen molar-refractivity contribution >= 4 is 35.2 Å². The first-order valence-electron chi connectivity index (χ1n) is 6.63. The van der Waals surface area contributed by atoms with Crippen molar-refractivity contribution in [3.05, 3.63) is 58.6 Å². The Kier molecular flexibility index (Phi) is 4.41. The Labute approximate surface area is 137 Å². The summed E-state index contributed by atoms with van der Waals surface area (Å²) in [4.78, 5) is 13.4. The molecule has 0 bridgehead atoms. The van der Waals surface area contributed by atoms with Crippen LogP contribution in [0.15, 0.2) is 47.4 Å². The zero-order chi connectivity index (χ0) is 15.5. The van der Waals surface area contributed by atoms with Crippen molar-refractivity contribution in [2.45, 2.75) is 4.90 Å². The van der Waals surface area contributed by atoms with E-state index in [1.54, 1.807) is 43.1 Å². The Bertz CT molecular complexity index is 756. The summed E-state index contributed by atoms with van der Waals surface area (Å²) in [6.07, 6.45) is 3.24. The predicted octanol–water partition coefficient (Wildman–Crippen LogP) is 4.69. The van der Waals surface area contributed by atoms with E-state index in [2.05, 4.69) is 0 Å². The lowest BCUT2D eigenvalue weighted by Crippen LogP contribution is -1.99. The highest BCUT2D eigenvalue weighted by atomic mass is 35.5. The number of halogens is 1. The van der Waals surface area contributed by atoms with E-state index in [-0.39, 0.29) is 5.78 Å². The maximum atomic E-state index is 12.4. The van der Waals surface area contributed by atoms with Crippen molar-refractivity contribution in [3.63, 3.8) is 0 Å². The highest BCUT2D eigenvalue weighted by Crippen LogP contribution is 2.40. The molecule has 5 heteroatoms. The number of ketones is 1. The molecule has 1 aliphatic heterocycles. The number of benzene rings is 2. The van der Waals surface area contributed by atoms with Crippen LogP contribution in [0.1, 0.15) is 15.9 Å². The number of thioether (sulfide) groups is 1. The molecule has 3 nitrogen and oxygen atoms in total. The van der Waals surface area contributed by atoms with Crippen LogP contribution in [0.2, 0.25) is 5.02 Å². The van der Waals surface area contributed by atoms with Gasteiger partial charge in [0.1, 0.15) is 17.4 Å². The molecule has 112 valence electrons. The number of ether oxygens (including phenoxy) is 2. The minimum absolute atomic E-state index is 0.139. The Morgan fingerprint density at radius 2 is 2.23 bits per heavy atom. The summed E-state index contributed by atoms with van der Waals surface area (Å²) in [5.41, 5.74) is 1.36. The van der Waals surface area contributed by atoms with Crippen LogP contribution < -0.4 is 9.47 Å². The Morgan fingerprint density at radius 1 is 1.36 bits per heavy atom. The van der Waals surface area contributed by atoms with Gasteiger partial charge in [0.2, 0.25) is 0 Å². The van der Waals surface area contributed by atoms with Crippen LogP contribution >= 0.6 is 23.4 Å². The molecule has 3 rings (SSSR count). The van der Waals surface area contributed by atoms with Gasteiger partial charge in [0.25, 0.3) is 0 Å². The summed E-state index contributed by atoms with van der Waals surface area (Å²) >= 11 is 7.51. The maximum Gasteiger partial charge on any atom is 0.189 e. The van der Waals surface area contributed by atoms with Crippen LogP contribution in [0.25, 0.3) is 6.08 Å². The van der Waals surface area contributed by atoms with E-state index in [1.165, 1.54) is 6.08 Å². The minimum Gasteiger partial charge on any atom is -0.496 e. The van der Waals surface area contributed by atoms with E-state index in [1.807, 2.05) is 18.2 Å². The van der Waals surface area contributed by atoms with Crippen molar-refractivity contribution in [3.8, 4) is 11.5 Å². The maximum absolute atomic E-state index is 12.4. The zero-order valence-corrected chi connectivity index (χ0v) is 13.4. The standard InChI is InChI=1S/C17H13ClO3S/c1-20-15-9-17-16(21-10-22-17)8-13(15)14(19)6-5-11-3-2-4-12(18)7-11/h2-9H,10H2,1H3. The fourth-order valence-electron chi connectivity index (χ4n) is 2.16. The molecular formula is C17H13ClO3S. The van der Waals surface area contributed by atoms with E-state index in [0.717, 1.165) is 16.2 Å². The van der Waals surface area contributed by atoms with Gasteiger partial charge >= 0.3 is 0 Å². The smallest absolute Gasteiger partial charge is 0.189 e. The molecule has 0 N–H and O–H groups in total. The zero-order valence-electron chi connectivity index (χ0n) is 11.8. The van der Waals surface area contributed by atoms with Crippen molar-refractivity contribution in [2.24, 2.45) is 0 Å². The summed E-state index contributed by atoms with van der Waals surface area (Å²) in [7, 11) is 1.56. The van der Waals surface area contributed by atoms with Gasteiger partial charge in [0.05, 0.1) is 17.6 Å². The third kappa shape index (κ3) is 3.13. The predicted molar refractivity (Wildman–Crippen MR) is 89.2 cm³/mol. The van der Waals surface area contributed by atoms with Crippen molar-refractivity contribution < 1.29 is 14.3 Å². The number of methoxy groups -OCH3 is 1. The van der Waals surface area contributed by atoms with Crippen LogP contribution in [0.3, 0.4) is 0 Å². The van der Waals surface area contributed by atoms with Gasteiger partial charge in [0.15, 0.2) is 5.78 Å². The lowest BCUT2D eigenvalue weighted by atomic mass is 10.1. The molecule has 0 spiro atoms. The first-order chi connectivity index (χ1) is 10.7. The van der Waals surface area contributed by atoms with Crippen molar-refractivity contribution in [1.82, 2.24) is 0 Å². The largest absolute Gasteiger partial charge is 0.496 e. The number of carbonyl (C=O) groups excluding carboxylic acids is 1. The molecule has 2 aromatic rings. The third-order valence-corrected chi connectivity index (χ3v) is 4.34. The molecule has 0 saturated carbocycles. The number of hydrogen-bond donors (Lipinski definition) is 0. The molecule has 0 fully saturated rings. The van der Waals surface area contributed by atoms with Gasteiger partial charge < -0.3 is 9.47 Å². The Balaban J connectivity index is 1.89. The number of carbonyl (C=O) groups is 1. The van der Waals surface area contributed by atoms with Gasteiger partial charge in [-0.25, -0.2) is 0 Å². The van der Waals surface area contributed by atoms with Crippen LogP contribution in [-0.2, 0) is 0 Å². The van der Waals surface area contributed by atoms with Crippen LogP contribution in [0.5, 0.6) is 11.5 Å². The van der Waals surface area contributed by atoms with Gasteiger partial charge in [-0.1, -0.05) is 41.6 Å². The average molecular weight is 333 g/mol. The molecule has 0 saturated heterocycles. The van der Waals surface area contributed by atoms with Gasteiger partial charge in [-0.3, -0.25) is 4.79 Å². The monoisotopic (exact) mass is 332 g/mol. The highest BCUT2D eigenvalue weighted by molar-refractivity contribution is 7.99. The Hall–Kier alpha value is -1.91. The van der Waals surface area contributed by atoms with Gasteiger partial charge in [-0.05, 0) is 35.9 Å². The second-order valence-electron chi connectivity index (χ2n) is 4.66. The summed E-state index contributed by atoms with van der Waals surface area (Å²) in [5, 5.41) is 0.634. The lowest BCUT2D eigenvalue weighted by molar-refractivity contribution is 0.104. The second-order valence-corrected chi connectivity index (χ2v) is 6.06. The normalized spacial score (nSPS) is 13.0.